The van der Waals surface area contributed by atoms with E-state index in [1.165, 1.54) is 19.3 Å². The molecule has 2 rings (SSSR count). The molecule has 0 bridgehead atoms. The lowest BCUT2D eigenvalue weighted by atomic mass is 9.75. The van der Waals surface area contributed by atoms with E-state index < -0.39 is 0 Å². The minimum Gasteiger partial charge on any atom is -0.416 e. The number of allylic oxidation sites excluding steroid dienone is 2. The summed E-state index contributed by atoms with van der Waals surface area (Å²) in [7, 11) is 0. The van der Waals surface area contributed by atoms with Crippen molar-refractivity contribution in [1.82, 2.24) is 4.90 Å². The third-order valence-corrected chi connectivity index (χ3v) is 5.32. The zero-order valence-electron chi connectivity index (χ0n) is 13.2. The van der Waals surface area contributed by atoms with Gasteiger partial charge in [-0.25, -0.2) is 0 Å². The maximum absolute atomic E-state index is 5.49. The molecule has 1 fully saturated rings. The smallest absolute Gasteiger partial charge is 0.125 e. The van der Waals surface area contributed by atoms with Gasteiger partial charge < -0.3 is 9.57 Å². The van der Waals surface area contributed by atoms with Crippen molar-refractivity contribution in [2.45, 2.75) is 52.5 Å². The number of hydrogen-bond acceptors (Lipinski definition) is 4. The second-order valence-electron chi connectivity index (χ2n) is 6.77. The van der Waals surface area contributed by atoms with Crippen molar-refractivity contribution in [3.8, 4) is 0 Å². The highest BCUT2D eigenvalue weighted by atomic mass is 16.6. The first-order chi connectivity index (χ1) is 9.55. The Labute approximate surface area is 123 Å². The average Bonchev–Trinajstić information content (AvgIpc) is 2.51. The summed E-state index contributed by atoms with van der Waals surface area (Å²) in [5.41, 5.74) is 0.0225. The fraction of sp³-hybridized carbons (Fsp3) is 0.875. The van der Waals surface area contributed by atoms with Crippen LogP contribution in [0.5, 0.6) is 0 Å². The molecule has 1 saturated heterocycles. The van der Waals surface area contributed by atoms with Crippen molar-refractivity contribution in [3.63, 3.8) is 0 Å². The number of ether oxygens (including phenoxy) is 1. The van der Waals surface area contributed by atoms with Gasteiger partial charge >= 0.3 is 0 Å². The Morgan fingerprint density at radius 2 is 1.95 bits per heavy atom. The molecular formula is C16H30N2O2. The van der Waals surface area contributed by atoms with E-state index in [1.807, 2.05) is 0 Å². The molecule has 0 amide bonds. The molecule has 0 aromatic rings. The van der Waals surface area contributed by atoms with Crippen LogP contribution >= 0.6 is 0 Å². The van der Waals surface area contributed by atoms with Gasteiger partial charge in [0.25, 0.3) is 0 Å². The Bertz CT molecular complexity index is 335. The summed E-state index contributed by atoms with van der Waals surface area (Å²) in [6, 6.07) is 0.672. The monoisotopic (exact) mass is 282 g/mol. The van der Waals surface area contributed by atoms with E-state index in [0.29, 0.717) is 12.0 Å². The van der Waals surface area contributed by atoms with E-state index in [0.717, 1.165) is 38.5 Å². The first-order valence-electron chi connectivity index (χ1n) is 7.95. The molecule has 4 nitrogen and oxygen atoms in total. The Hall–Kier alpha value is -0.580. The van der Waals surface area contributed by atoms with Gasteiger partial charge in [0.1, 0.15) is 5.76 Å². The Morgan fingerprint density at radius 3 is 2.60 bits per heavy atom. The highest BCUT2D eigenvalue weighted by Gasteiger charge is 2.33. The molecule has 0 saturated carbocycles. The second kappa shape index (κ2) is 6.92. The summed E-state index contributed by atoms with van der Waals surface area (Å²) in [4.78, 5) is 7.78. The van der Waals surface area contributed by atoms with Gasteiger partial charge in [-0.3, -0.25) is 4.90 Å². The summed E-state index contributed by atoms with van der Waals surface area (Å²) in [6.07, 6.45) is 6.92. The van der Waals surface area contributed by atoms with Crippen LogP contribution in [0.3, 0.4) is 0 Å². The molecule has 0 radical (unpaired) electrons. The molecule has 0 unspecified atom stereocenters. The number of nitrogens with two attached hydrogens (primary N) is 1. The number of hydrogen-bond donors (Lipinski definition) is 1. The van der Waals surface area contributed by atoms with Gasteiger partial charge in [-0.05, 0) is 37.7 Å². The lowest BCUT2D eigenvalue weighted by Crippen LogP contribution is -2.43. The quantitative estimate of drug-likeness (QED) is 0.791. The van der Waals surface area contributed by atoms with Crippen LogP contribution in [0.15, 0.2) is 11.8 Å². The van der Waals surface area contributed by atoms with E-state index in [-0.39, 0.29) is 5.41 Å². The predicted octanol–water partition coefficient (Wildman–Crippen LogP) is 2.70. The highest BCUT2D eigenvalue weighted by Crippen LogP contribution is 2.39. The fourth-order valence-corrected chi connectivity index (χ4v) is 3.37. The molecule has 0 spiro atoms. The van der Waals surface area contributed by atoms with Crippen LogP contribution in [0, 0.1) is 11.3 Å². The highest BCUT2D eigenvalue weighted by molar-refractivity contribution is 5.07. The van der Waals surface area contributed by atoms with Gasteiger partial charge in [-0.15, -0.1) is 0 Å². The molecule has 1 aliphatic carbocycles. The molecule has 2 aliphatic rings. The molecule has 0 aromatic carbocycles. The first kappa shape index (κ1) is 15.8. The topological polar surface area (TPSA) is 47.7 Å². The number of nitrogens with zero attached hydrogens (tertiary/aromatic N) is 1. The van der Waals surface area contributed by atoms with Crippen LogP contribution in [0.4, 0.5) is 0 Å². The van der Waals surface area contributed by atoms with Gasteiger partial charge in [-0.2, -0.15) is 5.90 Å². The molecule has 2 atom stereocenters. The lowest BCUT2D eigenvalue weighted by molar-refractivity contribution is 0.0110. The van der Waals surface area contributed by atoms with Crippen LogP contribution in [-0.2, 0) is 9.57 Å². The molecule has 0 aromatic heterocycles. The van der Waals surface area contributed by atoms with Crippen molar-refractivity contribution in [1.29, 1.82) is 0 Å². The van der Waals surface area contributed by atoms with Crippen LogP contribution < -0.4 is 5.90 Å². The SMILES string of the molecule is C[C@H]1CC[C@H](N2CCOCC2)CC/C=C(\ON)C1(C)C. The second-order valence-corrected chi connectivity index (χ2v) is 6.77. The van der Waals surface area contributed by atoms with Gasteiger partial charge in [0.15, 0.2) is 0 Å². The van der Waals surface area contributed by atoms with Gasteiger partial charge in [0, 0.05) is 24.5 Å². The van der Waals surface area contributed by atoms with Crippen LogP contribution in [0.2, 0.25) is 0 Å². The van der Waals surface area contributed by atoms with Crippen molar-refractivity contribution in [3.05, 3.63) is 11.8 Å². The zero-order chi connectivity index (χ0) is 14.6. The predicted molar refractivity (Wildman–Crippen MR) is 80.9 cm³/mol. The maximum Gasteiger partial charge on any atom is 0.125 e. The van der Waals surface area contributed by atoms with Gasteiger partial charge in [0.2, 0.25) is 0 Å². The van der Waals surface area contributed by atoms with E-state index >= 15 is 0 Å². The summed E-state index contributed by atoms with van der Waals surface area (Å²) in [6.45, 7) is 10.7. The summed E-state index contributed by atoms with van der Waals surface area (Å²) in [5, 5.41) is 0. The minimum absolute atomic E-state index is 0.0225. The van der Waals surface area contributed by atoms with E-state index in [4.69, 9.17) is 15.5 Å². The van der Waals surface area contributed by atoms with Crippen LogP contribution in [0.1, 0.15) is 46.5 Å². The molecular weight excluding hydrogens is 252 g/mol. The normalized spacial score (nSPS) is 35.3. The third kappa shape index (κ3) is 3.54. The first-order valence-corrected chi connectivity index (χ1v) is 7.95. The standard InChI is InChI=1S/C16H30N2O2/c1-13-7-8-14(18-9-11-19-12-10-18)5-4-6-15(20-17)16(13,2)3/h6,13-14H,4-5,7-12,17H2,1-3H3/b15-6-/t13-,14+/m0/s1. The fourth-order valence-electron chi connectivity index (χ4n) is 3.37. The Morgan fingerprint density at radius 1 is 1.25 bits per heavy atom. The van der Waals surface area contributed by atoms with Crippen molar-refractivity contribution in [2.24, 2.45) is 17.2 Å². The molecule has 4 heteroatoms. The minimum atomic E-state index is 0.0225. The molecule has 1 aliphatic heterocycles. The Balaban J connectivity index is 2.06. The maximum atomic E-state index is 5.49. The Kier molecular flexibility index (Phi) is 5.47. The van der Waals surface area contributed by atoms with Gasteiger partial charge in [-0.1, -0.05) is 20.8 Å². The van der Waals surface area contributed by atoms with Crippen molar-refractivity contribution in [2.75, 3.05) is 26.3 Å². The number of morpholine rings is 1. The molecule has 20 heavy (non-hydrogen) atoms. The lowest BCUT2D eigenvalue weighted by Gasteiger charge is -2.36. The van der Waals surface area contributed by atoms with Crippen molar-refractivity contribution >= 4 is 0 Å². The van der Waals surface area contributed by atoms with Gasteiger partial charge in [0.05, 0.1) is 13.2 Å². The summed E-state index contributed by atoms with van der Waals surface area (Å²) < 4.78 is 5.47. The van der Waals surface area contributed by atoms with E-state index in [1.54, 1.807) is 0 Å². The number of rotatable bonds is 2. The van der Waals surface area contributed by atoms with Crippen molar-refractivity contribution < 1.29 is 9.57 Å². The van der Waals surface area contributed by atoms with E-state index in [9.17, 15) is 0 Å². The van der Waals surface area contributed by atoms with Crippen LogP contribution in [0.25, 0.3) is 0 Å². The molecule has 116 valence electrons. The largest absolute Gasteiger partial charge is 0.416 e. The zero-order valence-corrected chi connectivity index (χ0v) is 13.2. The molecule has 2 N–H and O–H groups in total. The summed E-state index contributed by atoms with van der Waals surface area (Å²) >= 11 is 0. The van der Waals surface area contributed by atoms with E-state index in [2.05, 4.69) is 31.7 Å². The van der Waals surface area contributed by atoms with Crippen LogP contribution in [-0.4, -0.2) is 37.2 Å². The summed E-state index contributed by atoms with van der Waals surface area (Å²) in [5.74, 6) is 7.01. The molecule has 1 heterocycles. The average molecular weight is 282 g/mol. The third-order valence-electron chi connectivity index (χ3n) is 5.32.